The molecule has 0 aliphatic rings. The Morgan fingerprint density at radius 3 is 1.59 bits per heavy atom. The zero-order chi connectivity index (χ0) is 22.2. The van der Waals surface area contributed by atoms with Crippen molar-refractivity contribution in [3.8, 4) is 0 Å². The van der Waals surface area contributed by atoms with E-state index in [-0.39, 0.29) is 18.2 Å². The molecule has 0 saturated carbocycles. The molecule has 0 atom stereocenters. The molecular formula is C21H42N2O6. The number of ketones is 2. The molecule has 0 aliphatic heterocycles. The molecule has 0 heterocycles. The van der Waals surface area contributed by atoms with Crippen LogP contribution in [0, 0.1) is 0 Å². The van der Waals surface area contributed by atoms with Crippen LogP contribution in [0.25, 0.3) is 0 Å². The topological polar surface area (TPSA) is 95.1 Å². The van der Waals surface area contributed by atoms with Crippen molar-refractivity contribution in [3.63, 3.8) is 0 Å². The standard InChI is InChI=1S/C21H42N2O6/c1-7-18(24)20(3,4)22-9-11-28-15-16-29-17-19(25)21(5,6)23-10-12-27-14-13-26-8-2/h22-23H,7-17H2,1-6H3. The number of nitrogens with one attached hydrogen (secondary N) is 2. The van der Waals surface area contributed by atoms with E-state index >= 15 is 0 Å². The van der Waals surface area contributed by atoms with E-state index in [1.165, 1.54) is 0 Å². The molecule has 0 amide bonds. The van der Waals surface area contributed by atoms with Crippen molar-refractivity contribution >= 4 is 11.6 Å². The van der Waals surface area contributed by atoms with E-state index in [1.54, 1.807) is 0 Å². The minimum absolute atomic E-state index is 0.0201. The first-order valence-electron chi connectivity index (χ1n) is 10.5. The van der Waals surface area contributed by atoms with Crippen LogP contribution in [0.2, 0.25) is 0 Å². The minimum atomic E-state index is -0.675. The number of carbonyl (C=O) groups excluding carboxylic acids is 2. The molecule has 0 aromatic carbocycles. The lowest BCUT2D eigenvalue weighted by Crippen LogP contribution is -2.49. The SMILES string of the molecule is CCOCCOCCNC(C)(C)C(=O)COCCOCCNC(C)(C)C(=O)CC. The second-order valence-electron chi connectivity index (χ2n) is 7.78. The smallest absolute Gasteiger partial charge is 0.177 e. The van der Waals surface area contributed by atoms with E-state index in [9.17, 15) is 9.59 Å². The second kappa shape index (κ2) is 15.9. The van der Waals surface area contributed by atoms with Gasteiger partial charge in [-0.3, -0.25) is 9.59 Å². The van der Waals surface area contributed by atoms with Gasteiger partial charge in [0.05, 0.1) is 50.7 Å². The van der Waals surface area contributed by atoms with Crippen LogP contribution in [0.3, 0.4) is 0 Å². The van der Waals surface area contributed by atoms with Crippen LogP contribution >= 0.6 is 0 Å². The summed E-state index contributed by atoms with van der Waals surface area (Å²) in [5.74, 6) is 0.154. The van der Waals surface area contributed by atoms with Crippen molar-refractivity contribution in [1.82, 2.24) is 10.6 Å². The summed E-state index contributed by atoms with van der Waals surface area (Å²) < 4.78 is 21.5. The zero-order valence-corrected chi connectivity index (χ0v) is 19.2. The number of carbonyl (C=O) groups is 2. The van der Waals surface area contributed by atoms with Gasteiger partial charge in [0.2, 0.25) is 0 Å². The van der Waals surface area contributed by atoms with E-state index < -0.39 is 11.1 Å². The molecule has 0 aromatic rings. The third-order valence-electron chi connectivity index (χ3n) is 4.52. The second-order valence-corrected chi connectivity index (χ2v) is 7.78. The van der Waals surface area contributed by atoms with Crippen LogP contribution in [0.1, 0.15) is 48.0 Å². The van der Waals surface area contributed by atoms with E-state index in [4.69, 9.17) is 18.9 Å². The molecular weight excluding hydrogens is 376 g/mol. The Labute approximate surface area is 176 Å². The lowest BCUT2D eigenvalue weighted by Gasteiger charge is -2.25. The summed E-state index contributed by atoms with van der Waals surface area (Å²) in [5.41, 5.74) is -1.21. The molecule has 0 fully saturated rings. The Morgan fingerprint density at radius 2 is 1.10 bits per heavy atom. The van der Waals surface area contributed by atoms with Gasteiger partial charge in [-0.05, 0) is 34.6 Å². The van der Waals surface area contributed by atoms with E-state index in [0.717, 1.165) is 0 Å². The van der Waals surface area contributed by atoms with Crippen LogP contribution in [0.15, 0.2) is 0 Å². The largest absolute Gasteiger partial charge is 0.379 e. The van der Waals surface area contributed by atoms with Gasteiger partial charge in [-0.1, -0.05) is 6.92 Å². The first-order chi connectivity index (χ1) is 13.7. The molecule has 0 radical (unpaired) electrons. The van der Waals surface area contributed by atoms with Crippen LogP contribution < -0.4 is 10.6 Å². The number of Topliss-reactive ketones (excluding diaryl/α,β-unsaturated/α-hetero) is 2. The van der Waals surface area contributed by atoms with Crippen molar-refractivity contribution in [3.05, 3.63) is 0 Å². The highest BCUT2D eigenvalue weighted by Gasteiger charge is 2.26. The van der Waals surface area contributed by atoms with E-state index in [2.05, 4.69) is 10.6 Å². The highest BCUT2D eigenvalue weighted by molar-refractivity contribution is 5.88. The fourth-order valence-corrected chi connectivity index (χ4v) is 2.44. The van der Waals surface area contributed by atoms with Gasteiger partial charge in [0.15, 0.2) is 11.6 Å². The monoisotopic (exact) mass is 418 g/mol. The quantitative estimate of drug-likeness (QED) is 0.286. The van der Waals surface area contributed by atoms with E-state index in [0.29, 0.717) is 65.8 Å². The Kier molecular flexibility index (Phi) is 15.4. The molecule has 0 saturated heterocycles. The lowest BCUT2D eigenvalue weighted by atomic mass is 9.97. The zero-order valence-electron chi connectivity index (χ0n) is 19.2. The number of rotatable bonds is 20. The Morgan fingerprint density at radius 1 is 0.655 bits per heavy atom. The first kappa shape index (κ1) is 28.1. The molecule has 8 heteroatoms. The maximum absolute atomic E-state index is 12.3. The highest BCUT2D eigenvalue weighted by atomic mass is 16.5. The van der Waals surface area contributed by atoms with Crippen molar-refractivity contribution < 1.29 is 28.5 Å². The van der Waals surface area contributed by atoms with Crippen molar-refractivity contribution in [2.24, 2.45) is 0 Å². The van der Waals surface area contributed by atoms with Crippen LogP contribution in [0.5, 0.6) is 0 Å². The predicted molar refractivity (Wildman–Crippen MR) is 113 cm³/mol. The van der Waals surface area contributed by atoms with Gasteiger partial charge >= 0.3 is 0 Å². The molecule has 172 valence electrons. The van der Waals surface area contributed by atoms with Gasteiger partial charge in [0, 0.05) is 26.1 Å². The van der Waals surface area contributed by atoms with Gasteiger partial charge in [0.1, 0.15) is 6.61 Å². The summed E-state index contributed by atoms with van der Waals surface area (Å²) >= 11 is 0. The number of hydrogen-bond acceptors (Lipinski definition) is 8. The summed E-state index contributed by atoms with van der Waals surface area (Å²) in [7, 11) is 0. The van der Waals surface area contributed by atoms with Crippen molar-refractivity contribution in [1.29, 1.82) is 0 Å². The molecule has 0 spiro atoms. The lowest BCUT2D eigenvalue weighted by molar-refractivity contribution is -0.129. The molecule has 0 bridgehead atoms. The van der Waals surface area contributed by atoms with E-state index in [1.807, 2.05) is 41.5 Å². The van der Waals surface area contributed by atoms with Crippen LogP contribution in [-0.4, -0.2) is 88.6 Å². The van der Waals surface area contributed by atoms with Gasteiger partial charge in [-0.2, -0.15) is 0 Å². The van der Waals surface area contributed by atoms with Crippen LogP contribution in [-0.2, 0) is 28.5 Å². The summed E-state index contributed by atoms with van der Waals surface area (Å²) in [5, 5.41) is 6.37. The van der Waals surface area contributed by atoms with Gasteiger partial charge in [-0.25, -0.2) is 0 Å². The fraction of sp³-hybridized carbons (Fsp3) is 0.905. The number of hydrogen-bond donors (Lipinski definition) is 2. The Balaban J connectivity index is 3.72. The predicted octanol–water partition coefficient (Wildman–Crippen LogP) is 1.36. The summed E-state index contributed by atoms with van der Waals surface area (Å²) in [6.07, 6.45) is 0.509. The van der Waals surface area contributed by atoms with Gasteiger partial charge < -0.3 is 29.6 Å². The summed E-state index contributed by atoms with van der Waals surface area (Å²) in [6, 6.07) is 0. The molecule has 0 aliphatic carbocycles. The highest BCUT2D eigenvalue weighted by Crippen LogP contribution is 2.06. The van der Waals surface area contributed by atoms with Gasteiger partial charge in [-0.15, -0.1) is 0 Å². The number of ether oxygens (including phenoxy) is 4. The first-order valence-corrected chi connectivity index (χ1v) is 10.5. The molecule has 0 aromatic heterocycles. The Hall–Kier alpha value is -0.900. The third kappa shape index (κ3) is 13.9. The average molecular weight is 419 g/mol. The molecule has 2 N–H and O–H groups in total. The normalized spacial score (nSPS) is 12.3. The fourth-order valence-electron chi connectivity index (χ4n) is 2.44. The average Bonchev–Trinajstić information content (AvgIpc) is 2.68. The summed E-state index contributed by atoms with van der Waals surface area (Å²) in [6.45, 7) is 16.0. The van der Waals surface area contributed by atoms with Crippen molar-refractivity contribution in [2.45, 2.75) is 59.0 Å². The minimum Gasteiger partial charge on any atom is -0.379 e. The van der Waals surface area contributed by atoms with Crippen molar-refractivity contribution in [2.75, 3.05) is 65.9 Å². The third-order valence-corrected chi connectivity index (χ3v) is 4.52. The molecule has 0 rings (SSSR count). The summed E-state index contributed by atoms with van der Waals surface area (Å²) in [4.78, 5) is 24.0. The molecule has 8 nitrogen and oxygen atoms in total. The molecule has 0 unspecified atom stereocenters. The van der Waals surface area contributed by atoms with Crippen LogP contribution in [0.4, 0.5) is 0 Å². The maximum atomic E-state index is 12.3. The van der Waals surface area contributed by atoms with Gasteiger partial charge in [0.25, 0.3) is 0 Å². The molecule has 29 heavy (non-hydrogen) atoms. The Bertz CT molecular complexity index is 454. The maximum Gasteiger partial charge on any atom is 0.177 e.